The van der Waals surface area contributed by atoms with Crippen LogP contribution in [0, 0.1) is 0 Å². The first-order chi connectivity index (χ1) is 9.84. The van der Waals surface area contributed by atoms with E-state index < -0.39 is 23.4 Å². The minimum Gasteiger partial charge on any atom is -0.501 e. The van der Waals surface area contributed by atoms with Gasteiger partial charge in [-0.25, -0.2) is 0 Å². The Morgan fingerprint density at radius 1 is 1.24 bits per heavy atom. The Kier molecular flexibility index (Phi) is 5.77. The number of ketones is 1. The molecule has 0 aliphatic rings. The van der Waals surface area contributed by atoms with Crippen LogP contribution in [0.25, 0.3) is 0 Å². The molecule has 21 heavy (non-hydrogen) atoms. The van der Waals surface area contributed by atoms with Crippen molar-refractivity contribution in [3.63, 3.8) is 0 Å². The van der Waals surface area contributed by atoms with Crippen LogP contribution in [0.1, 0.15) is 17.3 Å². The Balaban J connectivity index is 2.56. The molecule has 0 spiro atoms. The van der Waals surface area contributed by atoms with Crippen molar-refractivity contribution in [3.8, 4) is 0 Å². The maximum Gasteiger partial charge on any atom is 0.454 e. The molecule has 0 fully saturated rings. The van der Waals surface area contributed by atoms with E-state index in [1.54, 1.807) is 6.92 Å². The first-order valence-corrected chi connectivity index (χ1v) is 5.90. The molecule has 1 aromatic rings. The summed E-state index contributed by atoms with van der Waals surface area (Å²) in [6, 6.07) is 4.51. The monoisotopic (exact) mass is 302 g/mol. The Morgan fingerprint density at radius 3 is 2.38 bits per heavy atom. The number of hydrogen-bond donors (Lipinski definition) is 2. The molecule has 0 aliphatic heterocycles. The third kappa shape index (κ3) is 5.55. The average molecular weight is 302 g/mol. The van der Waals surface area contributed by atoms with Crippen molar-refractivity contribution in [2.45, 2.75) is 13.1 Å². The van der Waals surface area contributed by atoms with Crippen LogP contribution in [0.3, 0.4) is 0 Å². The van der Waals surface area contributed by atoms with Crippen LogP contribution in [0.2, 0.25) is 0 Å². The van der Waals surface area contributed by atoms with Crippen LogP contribution in [0.5, 0.6) is 0 Å². The van der Waals surface area contributed by atoms with E-state index in [9.17, 15) is 22.8 Å². The highest BCUT2D eigenvalue weighted by Gasteiger charge is 2.39. The smallest absolute Gasteiger partial charge is 0.454 e. The molecule has 5 nitrogen and oxygen atoms in total. The summed E-state index contributed by atoms with van der Waals surface area (Å²) in [5.74, 6) is -2.42. The van der Waals surface area contributed by atoms with Crippen LogP contribution >= 0.6 is 0 Å². The van der Waals surface area contributed by atoms with Crippen LogP contribution in [0.15, 0.2) is 36.6 Å². The largest absolute Gasteiger partial charge is 0.501 e. The second-order valence-corrected chi connectivity index (χ2v) is 3.78. The number of ether oxygens (including phenoxy) is 1. The van der Waals surface area contributed by atoms with Crippen molar-refractivity contribution in [2.75, 3.05) is 12.0 Å². The molecule has 1 rings (SSSR count). The minimum atomic E-state index is -4.91. The zero-order chi connectivity index (χ0) is 15.9. The van der Waals surface area contributed by atoms with Crippen LogP contribution in [-0.4, -0.2) is 24.5 Å². The van der Waals surface area contributed by atoms with Gasteiger partial charge in [-0.2, -0.15) is 13.2 Å². The minimum absolute atomic E-state index is 0.326. The van der Waals surface area contributed by atoms with Crippen molar-refractivity contribution in [1.29, 1.82) is 0 Å². The number of hydrazine groups is 1. The molecule has 2 N–H and O–H groups in total. The Bertz CT molecular complexity index is 524. The van der Waals surface area contributed by atoms with E-state index in [0.29, 0.717) is 12.3 Å². The Morgan fingerprint density at radius 2 is 1.86 bits per heavy atom. The number of halogens is 3. The highest BCUT2D eigenvalue weighted by Crippen LogP contribution is 2.22. The van der Waals surface area contributed by atoms with Crippen LogP contribution in [-0.2, 0) is 9.53 Å². The number of carbonyl (C=O) groups is 2. The molecule has 0 heterocycles. The molecule has 0 aliphatic carbocycles. The molecular formula is C13H13F3N2O3. The summed E-state index contributed by atoms with van der Waals surface area (Å²) < 4.78 is 41.4. The van der Waals surface area contributed by atoms with Gasteiger partial charge in [0.25, 0.3) is 11.7 Å². The number of hydrogen-bond acceptors (Lipinski definition) is 4. The second kappa shape index (κ2) is 7.32. The Labute approximate surface area is 118 Å². The molecular weight excluding hydrogens is 289 g/mol. The summed E-state index contributed by atoms with van der Waals surface area (Å²) in [6.07, 6.45) is -2.56. The quantitative estimate of drug-likeness (QED) is 0.366. The zero-order valence-electron chi connectivity index (χ0n) is 11.0. The molecule has 8 heteroatoms. The SMILES string of the molecule is CCO/C=C/C(=O)NNc1ccc(C(=O)C(F)(F)F)cc1. The van der Waals surface area contributed by atoms with Gasteiger partial charge in [-0.05, 0) is 31.2 Å². The zero-order valence-corrected chi connectivity index (χ0v) is 11.0. The van der Waals surface area contributed by atoms with E-state index in [0.717, 1.165) is 18.2 Å². The summed E-state index contributed by atoms with van der Waals surface area (Å²) in [4.78, 5) is 22.2. The lowest BCUT2D eigenvalue weighted by molar-refractivity contribution is -0.116. The third-order valence-electron chi connectivity index (χ3n) is 2.22. The van der Waals surface area contributed by atoms with E-state index in [4.69, 9.17) is 4.74 Å². The average Bonchev–Trinajstić information content (AvgIpc) is 2.44. The lowest BCUT2D eigenvalue weighted by atomic mass is 10.1. The summed E-state index contributed by atoms with van der Waals surface area (Å²) in [7, 11) is 0. The molecule has 0 radical (unpaired) electrons. The number of Topliss-reactive ketones (excluding diaryl/α,β-unsaturated/α-hetero) is 1. The van der Waals surface area contributed by atoms with E-state index in [-0.39, 0.29) is 0 Å². The summed E-state index contributed by atoms with van der Waals surface area (Å²) in [6.45, 7) is 2.18. The van der Waals surface area contributed by atoms with Crippen molar-refractivity contribution in [2.24, 2.45) is 0 Å². The van der Waals surface area contributed by atoms with Crippen molar-refractivity contribution < 1.29 is 27.5 Å². The fourth-order valence-corrected chi connectivity index (χ4v) is 1.25. The first kappa shape index (κ1) is 16.5. The van der Waals surface area contributed by atoms with Crippen LogP contribution in [0.4, 0.5) is 18.9 Å². The molecule has 0 saturated heterocycles. The molecule has 0 saturated carbocycles. The fraction of sp³-hybridized carbons (Fsp3) is 0.231. The van der Waals surface area contributed by atoms with Gasteiger partial charge in [-0.3, -0.25) is 20.4 Å². The topological polar surface area (TPSA) is 67.4 Å². The maximum atomic E-state index is 12.2. The van der Waals surface area contributed by atoms with E-state index in [2.05, 4.69) is 10.9 Å². The number of anilines is 1. The van der Waals surface area contributed by atoms with E-state index in [1.165, 1.54) is 18.4 Å². The van der Waals surface area contributed by atoms with Gasteiger partial charge in [-0.15, -0.1) is 0 Å². The number of benzene rings is 1. The highest BCUT2D eigenvalue weighted by molar-refractivity contribution is 6.00. The summed E-state index contributed by atoms with van der Waals surface area (Å²) in [5.41, 5.74) is 4.60. The normalized spacial score (nSPS) is 11.2. The number of rotatable bonds is 6. The predicted octanol–water partition coefficient (Wildman–Crippen LogP) is 2.42. The van der Waals surface area contributed by atoms with Gasteiger partial charge in [0.1, 0.15) is 0 Å². The van der Waals surface area contributed by atoms with Gasteiger partial charge >= 0.3 is 6.18 Å². The van der Waals surface area contributed by atoms with Gasteiger partial charge < -0.3 is 4.74 Å². The fourth-order valence-electron chi connectivity index (χ4n) is 1.25. The highest BCUT2D eigenvalue weighted by atomic mass is 19.4. The molecule has 114 valence electrons. The maximum absolute atomic E-state index is 12.2. The molecule has 1 aromatic carbocycles. The van der Waals surface area contributed by atoms with Crippen molar-refractivity contribution in [1.82, 2.24) is 5.43 Å². The van der Waals surface area contributed by atoms with Crippen molar-refractivity contribution in [3.05, 3.63) is 42.2 Å². The molecule has 0 atom stereocenters. The van der Waals surface area contributed by atoms with Gasteiger partial charge in [0.2, 0.25) is 0 Å². The standard InChI is InChI=1S/C13H13F3N2O3/c1-2-21-8-7-11(19)18-17-10-5-3-9(4-6-10)12(20)13(14,15)16/h3-8,17H,2H2,1H3,(H,18,19)/b8-7+. The van der Waals surface area contributed by atoms with Crippen LogP contribution < -0.4 is 10.9 Å². The lowest BCUT2D eigenvalue weighted by Gasteiger charge is -2.08. The number of carbonyl (C=O) groups excluding carboxylic acids is 2. The molecule has 0 unspecified atom stereocenters. The lowest BCUT2D eigenvalue weighted by Crippen LogP contribution is -2.27. The van der Waals surface area contributed by atoms with Gasteiger partial charge in [0, 0.05) is 11.6 Å². The Hall–Kier alpha value is -2.51. The number of alkyl halides is 3. The van der Waals surface area contributed by atoms with Gasteiger partial charge in [0.05, 0.1) is 18.6 Å². The molecule has 0 bridgehead atoms. The van der Waals surface area contributed by atoms with E-state index >= 15 is 0 Å². The number of amides is 1. The summed E-state index contributed by atoms with van der Waals surface area (Å²) in [5, 5.41) is 0. The van der Waals surface area contributed by atoms with Gasteiger partial charge in [0.15, 0.2) is 0 Å². The number of nitrogens with one attached hydrogen (secondary N) is 2. The second-order valence-electron chi connectivity index (χ2n) is 3.78. The van der Waals surface area contributed by atoms with Crippen molar-refractivity contribution >= 4 is 17.4 Å². The van der Waals surface area contributed by atoms with E-state index in [1.807, 2.05) is 0 Å². The third-order valence-corrected chi connectivity index (χ3v) is 2.22. The van der Waals surface area contributed by atoms with Gasteiger partial charge in [-0.1, -0.05) is 0 Å². The molecule has 1 amide bonds. The first-order valence-electron chi connectivity index (χ1n) is 5.90. The summed E-state index contributed by atoms with van der Waals surface area (Å²) >= 11 is 0. The predicted molar refractivity (Wildman–Crippen MR) is 69.4 cm³/mol. The molecule has 0 aromatic heterocycles.